The first kappa shape index (κ1) is 19.2. The summed E-state index contributed by atoms with van der Waals surface area (Å²) in [7, 11) is 0. The summed E-state index contributed by atoms with van der Waals surface area (Å²) in [5.41, 5.74) is 0.959. The second kappa shape index (κ2) is 9.42. The molecule has 0 spiro atoms. The average Bonchev–Trinajstić information content (AvgIpc) is 2.68. The molecule has 2 aromatic carbocycles. The lowest BCUT2D eigenvalue weighted by atomic mass is 9.95. The predicted octanol–water partition coefficient (Wildman–Crippen LogP) is 4.42. The number of halogens is 1. The van der Waals surface area contributed by atoms with Crippen LogP contribution in [0.2, 0.25) is 5.02 Å². The Balaban J connectivity index is 1.63. The quantitative estimate of drug-likeness (QED) is 0.772. The number of carbonyl (C=O) groups is 2. The van der Waals surface area contributed by atoms with Gasteiger partial charge in [-0.3, -0.25) is 9.59 Å². The lowest BCUT2D eigenvalue weighted by Gasteiger charge is -2.22. The molecule has 0 saturated heterocycles. The molecule has 2 aromatic rings. The lowest BCUT2D eigenvalue weighted by molar-refractivity contribution is -0.124. The Morgan fingerprint density at radius 2 is 1.78 bits per heavy atom. The fraction of sp³-hybridized carbons (Fsp3) is 0.333. The predicted molar refractivity (Wildman–Crippen MR) is 106 cm³/mol. The highest BCUT2D eigenvalue weighted by Crippen LogP contribution is 2.24. The SMILES string of the molecule is O=C(COc1ccc(Cl)cc1C(=O)Nc1ccccc1)NC1CCCCC1. The first-order valence-corrected chi connectivity index (χ1v) is 9.58. The minimum Gasteiger partial charge on any atom is -0.483 e. The van der Waals surface area contributed by atoms with Gasteiger partial charge in [0.15, 0.2) is 6.61 Å². The highest BCUT2D eigenvalue weighted by molar-refractivity contribution is 6.31. The van der Waals surface area contributed by atoms with Gasteiger partial charge in [0.25, 0.3) is 11.8 Å². The number of nitrogens with one attached hydrogen (secondary N) is 2. The van der Waals surface area contributed by atoms with Crippen molar-refractivity contribution >= 4 is 29.1 Å². The molecule has 0 bridgehead atoms. The van der Waals surface area contributed by atoms with Crippen molar-refractivity contribution in [1.29, 1.82) is 0 Å². The first-order valence-electron chi connectivity index (χ1n) is 9.20. The zero-order valence-electron chi connectivity index (χ0n) is 15.0. The van der Waals surface area contributed by atoms with Crippen LogP contribution in [0.5, 0.6) is 5.75 Å². The fourth-order valence-corrected chi connectivity index (χ4v) is 3.36. The van der Waals surface area contributed by atoms with Gasteiger partial charge in [0.1, 0.15) is 5.75 Å². The van der Waals surface area contributed by atoms with Crippen molar-refractivity contribution in [3.63, 3.8) is 0 Å². The van der Waals surface area contributed by atoms with E-state index in [-0.39, 0.29) is 30.0 Å². The molecule has 0 aromatic heterocycles. The van der Waals surface area contributed by atoms with Gasteiger partial charge in [0.05, 0.1) is 5.56 Å². The van der Waals surface area contributed by atoms with Crippen LogP contribution in [0.15, 0.2) is 48.5 Å². The van der Waals surface area contributed by atoms with Gasteiger partial charge in [0.2, 0.25) is 0 Å². The van der Waals surface area contributed by atoms with Gasteiger partial charge in [-0.25, -0.2) is 0 Å². The fourth-order valence-electron chi connectivity index (χ4n) is 3.18. The number of anilines is 1. The lowest BCUT2D eigenvalue weighted by Crippen LogP contribution is -2.39. The molecule has 3 rings (SSSR count). The third-order valence-corrected chi connectivity index (χ3v) is 4.78. The number of benzene rings is 2. The molecule has 1 fully saturated rings. The number of rotatable bonds is 6. The van der Waals surface area contributed by atoms with Crippen molar-refractivity contribution in [3.05, 3.63) is 59.1 Å². The molecule has 2 amide bonds. The minimum absolute atomic E-state index is 0.135. The molecule has 0 radical (unpaired) electrons. The maximum atomic E-state index is 12.6. The van der Waals surface area contributed by atoms with Gasteiger partial charge in [0, 0.05) is 16.8 Å². The van der Waals surface area contributed by atoms with E-state index in [1.807, 2.05) is 18.2 Å². The Morgan fingerprint density at radius 1 is 1.04 bits per heavy atom. The molecular weight excluding hydrogens is 364 g/mol. The number of hydrogen-bond acceptors (Lipinski definition) is 3. The zero-order chi connectivity index (χ0) is 19.1. The van der Waals surface area contributed by atoms with Gasteiger partial charge < -0.3 is 15.4 Å². The van der Waals surface area contributed by atoms with Crippen LogP contribution in [0.4, 0.5) is 5.69 Å². The maximum absolute atomic E-state index is 12.6. The van der Waals surface area contributed by atoms with Crippen molar-refractivity contribution in [2.45, 2.75) is 38.1 Å². The highest BCUT2D eigenvalue weighted by Gasteiger charge is 2.18. The second-order valence-electron chi connectivity index (χ2n) is 6.65. The number of para-hydroxylation sites is 1. The van der Waals surface area contributed by atoms with E-state index < -0.39 is 0 Å². The largest absolute Gasteiger partial charge is 0.483 e. The normalized spacial score (nSPS) is 14.4. The van der Waals surface area contributed by atoms with Crippen LogP contribution in [-0.4, -0.2) is 24.5 Å². The van der Waals surface area contributed by atoms with Gasteiger partial charge >= 0.3 is 0 Å². The van der Waals surface area contributed by atoms with Gasteiger partial charge in [-0.2, -0.15) is 0 Å². The van der Waals surface area contributed by atoms with Crippen LogP contribution >= 0.6 is 11.6 Å². The Kier molecular flexibility index (Phi) is 6.71. The van der Waals surface area contributed by atoms with Gasteiger partial charge in [-0.15, -0.1) is 0 Å². The van der Waals surface area contributed by atoms with E-state index in [1.165, 1.54) is 12.5 Å². The Bertz CT molecular complexity index is 789. The molecule has 1 aliphatic carbocycles. The molecule has 5 nitrogen and oxygen atoms in total. The summed E-state index contributed by atoms with van der Waals surface area (Å²) in [4.78, 5) is 24.8. The summed E-state index contributed by atoms with van der Waals surface area (Å²) >= 11 is 6.04. The first-order chi connectivity index (χ1) is 13.1. The third kappa shape index (κ3) is 5.73. The Labute approximate surface area is 164 Å². The molecule has 2 N–H and O–H groups in total. The molecule has 1 saturated carbocycles. The summed E-state index contributed by atoms with van der Waals surface area (Å²) in [5.74, 6) is -0.190. The van der Waals surface area contributed by atoms with Crippen LogP contribution in [-0.2, 0) is 4.79 Å². The number of ether oxygens (including phenoxy) is 1. The van der Waals surface area contributed by atoms with Crippen LogP contribution in [0, 0.1) is 0 Å². The Morgan fingerprint density at radius 3 is 2.52 bits per heavy atom. The zero-order valence-corrected chi connectivity index (χ0v) is 15.8. The molecule has 142 valence electrons. The van der Waals surface area contributed by atoms with Crippen LogP contribution in [0.25, 0.3) is 0 Å². The topological polar surface area (TPSA) is 67.4 Å². The second-order valence-corrected chi connectivity index (χ2v) is 7.09. The summed E-state index contributed by atoms with van der Waals surface area (Å²) in [6.45, 7) is -0.135. The van der Waals surface area contributed by atoms with E-state index in [0.717, 1.165) is 25.7 Å². The summed E-state index contributed by atoms with van der Waals surface area (Å²) in [5, 5.41) is 6.22. The van der Waals surface area contributed by atoms with Crippen LogP contribution < -0.4 is 15.4 Å². The molecule has 0 atom stereocenters. The van der Waals surface area contributed by atoms with E-state index in [1.54, 1.807) is 24.3 Å². The van der Waals surface area contributed by atoms with Crippen molar-refractivity contribution in [2.24, 2.45) is 0 Å². The molecule has 0 heterocycles. The number of carbonyl (C=O) groups excluding carboxylic acids is 2. The summed E-state index contributed by atoms with van der Waals surface area (Å²) in [6.07, 6.45) is 5.54. The van der Waals surface area contributed by atoms with Gasteiger partial charge in [-0.05, 0) is 43.2 Å². The van der Waals surface area contributed by atoms with E-state index in [9.17, 15) is 9.59 Å². The van der Waals surface area contributed by atoms with E-state index >= 15 is 0 Å². The van der Waals surface area contributed by atoms with Crippen molar-refractivity contribution in [1.82, 2.24) is 5.32 Å². The third-order valence-electron chi connectivity index (χ3n) is 4.55. The molecule has 6 heteroatoms. The molecular formula is C21H23ClN2O3. The van der Waals surface area contributed by atoms with E-state index in [4.69, 9.17) is 16.3 Å². The Hall–Kier alpha value is -2.53. The number of amides is 2. The van der Waals surface area contributed by atoms with Gasteiger partial charge in [-0.1, -0.05) is 49.1 Å². The molecule has 0 unspecified atom stereocenters. The van der Waals surface area contributed by atoms with Crippen LogP contribution in [0.3, 0.4) is 0 Å². The molecule has 27 heavy (non-hydrogen) atoms. The van der Waals surface area contributed by atoms with E-state index in [0.29, 0.717) is 16.5 Å². The highest BCUT2D eigenvalue weighted by atomic mass is 35.5. The number of hydrogen-bond donors (Lipinski definition) is 2. The molecule has 0 aliphatic heterocycles. The van der Waals surface area contributed by atoms with Crippen molar-refractivity contribution in [3.8, 4) is 5.75 Å². The smallest absolute Gasteiger partial charge is 0.259 e. The average molecular weight is 387 g/mol. The minimum atomic E-state index is -0.341. The summed E-state index contributed by atoms with van der Waals surface area (Å²) in [6, 6.07) is 14.1. The van der Waals surface area contributed by atoms with E-state index in [2.05, 4.69) is 10.6 Å². The summed E-state index contributed by atoms with van der Waals surface area (Å²) < 4.78 is 5.62. The standard InChI is InChI=1S/C21H23ClN2O3/c22-15-11-12-19(27-14-20(25)23-16-7-3-1-4-8-16)18(13-15)21(26)24-17-9-5-2-6-10-17/h2,5-6,9-13,16H,1,3-4,7-8,14H2,(H,23,25)(H,24,26). The monoisotopic (exact) mass is 386 g/mol. The van der Waals surface area contributed by atoms with Crippen molar-refractivity contribution < 1.29 is 14.3 Å². The van der Waals surface area contributed by atoms with Crippen molar-refractivity contribution in [2.75, 3.05) is 11.9 Å². The maximum Gasteiger partial charge on any atom is 0.259 e. The van der Waals surface area contributed by atoms with Crippen LogP contribution in [0.1, 0.15) is 42.5 Å². The molecule has 1 aliphatic rings.